The number of unbranched alkanes of at least 4 members (excludes halogenated alkanes) is 1. The van der Waals surface area contributed by atoms with Crippen molar-refractivity contribution in [3.63, 3.8) is 0 Å². The molecule has 10 nitrogen and oxygen atoms in total. The number of rotatable bonds is 11. The molecule has 0 atom stereocenters. The molecule has 10 heteroatoms. The van der Waals surface area contributed by atoms with Gasteiger partial charge in [0.2, 0.25) is 11.6 Å². The van der Waals surface area contributed by atoms with Crippen LogP contribution >= 0.6 is 0 Å². The van der Waals surface area contributed by atoms with Crippen LogP contribution < -0.4 is 15.4 Å². The third-order valence-electron chi connectivity index (χ3n) is 3.92. The Morgan fingerprint density at radius 1 is 1.24 bits per heavy atom. The first kappa shape index (κ1) is 21.9. The fraction of sp³-hybridized carbons (Fsp3) is 0.421. The summed E-state index contributed by atoms with van der Waals surface area (Å²) in [6, 6.07) is 9.13. The minimum Gasteiger partial charge on any atom is -0.465 e. The summed E-state index contributed by atoms with van der Waals surface area (Å²) in [4.78, 5) is 32.7. The van der Waals surface area contributed by atoms with Gasteiger partial charge in [0.25, 0.3) is 0 Å². The lowest BCUT2D eigenvalue weighted by atomic mass is 10.2. The van der Waals surface area contributed by atoms with E-state index in [9.17, 15) is 14.9 Å². The molecule has 0 amide bonds. The molecule has 2 rings (SSSR count). The Hall–Kier alpha value is -3.43. The largest absolute Gasteiger partial charge is 0.465 e. The summed E-state index contributed by atoms with van der Waals surface area (Å²) < 4.78 is 10.5. The van der Waals surface area contributed by atoms with Crippen molar-refractivity contribution in [1.29, 1.82) is 0 Å². The number of carbonyl (C=O) groups excluding carboxylic acids is 1. The summed E-state index contributed by atoms with van der Waals surface area (Å²) in [5.41, 5.74) is 6.18. The zero-order valence-corrected chi connectivity index (χ0v) is 16.5. The highest BCUT2D eigenvalue weighted by Crippen LogP contribution is 2.33. The van der Waals surface area contributed by atoms with Crippen LogP contribution in [-0.4, -0.2) is 40.6 Å². The smallest absolute Gasteiger partial charge is 0.353 e. The number of nitrogens with two attached hydrogens (primary N) is 1. The molecule has 0 aliphatic rings. The van der Waals surface area contributed by atoms with E-state index in [1.807, 2.05) is 37.3 Å². The number of anilines is 2. The van der Waals surface area contributed by atoms with Crippen LogP contribution in [0.4, 0.5) is 17.3 Å². The molecule has 0 saturated heterocycles. The Kier molecular flexibility index (Phi) is 8.13. The minimum atomic E-state index is -0.663. The van der Waals surface area contributed by atoms with Crippen molar-refractivity contribution in [2.24, 2.45) is 0 Å². The number of benzene rings is 1. The van der Waals surface area contributed by atoms with Gasteiger partial charge in [0.05, 0.1) is 18.1 Å². The normalized spacial score (nSPS) is 10.4. The molecular formula is C19H25N5O5. The molecule has 2 aromatic rings. The maximum atomic E-state index is 12.1. The second kappa shape index (κ2) is 10.8. The van der Waals surface area contributed by atoms with Crippen molar-refractivity contribution >= 4 is 23.3 Å². The van der Waals surface area contributed by atoms with Gasteiger partial charge in [-0.2, -0.15) is 9.97 Å². The second-order valence-corrected chi connectivity index (χ2v) is 6.17. The number of nitro groups is 1. The lowest BCUT2D eigenvalue weighted by molar-refractivity contribution is -0.383. The third kappa shape index (κ3) is 6.30. The van der Waals surface area contributed by atoms with E-state index >= 15 is 0 Å². The van der Waals surface area contributed by atoms with Crippen molar-refractivity contribution in [2.45, 2.75) is 33.2 Å². The number of nitrogens with zero attached hydrogens (tertiary/aromatic N) is 4. The Balaban J connectivity index is 2.46. The summed E-state index contributed by atoms with van der Waals surface area (Å²) >= 11 is 0. The quantitative estimate of drug-likeness (QED) is 0.260. The number of hydrogen-bond acceptors (Lipinski definition) is 9. The Morgan fingerprint density at radius 2 is 1.97 bits per heavy atom. The zero-order valence-electron chi connectivity index (χ0n) is 16.5. The van der Waals surface area contributed by atoms with Crippen molar-refractivity contribution in [3.05, 3.63) is 46.0 Å². The van der Waals surface area contributed by atoms with Gasteiger partial charge in [0, 0.05) is 6.54 Å². The first-order valence-corrected chi connectivity index (χ1v) is 9.35. The summed E-state index contributed by atoms with van der Waals surface area (Å²) in [6.45, 7) is 4.17. The molecular weight excluding hydrogens is 378 g/mol. The molecule has 156 valence electrons. The molecule has 0 radical (unpaired) electrons. The van der Waals surface area contributed by atoms with Gasteiger partial charge in [0.15, 0.2) is 0 Å². The van der Waals surface area contributed by atoms with E-state index in [2.05, 4.69) is 9.97 Å². The molecule has 0 bridgehead atoms. The average Bonchev–Trinajstić information content (AvgIpc) is 2.68. The number of carbonyl (C=O) groups is 1. The van der Waals surface area contributed by atoms with Crippen LogP contribution in [0.1, 0.15) is 32.3 Å². The van der Waals surface area contributed by atoms with Crippen molar-refractivity contribution in [1.82, 2.24) is 9.97 Å². The van der Waals surface area contributed by atoms with Gasteiger partial charge in [-0.05, 0) is 18.9 Å². The van der Waals surface area contributed by atoms with Gasteiger partial charge in [-0.25, -0.2) is 0 Å². The maximum absolute atomic E-state index is 12.1. The molecule has 29 heavy (non-hydrogen) atoms. The Bertz CT molecular complexity index is 831. The highest BCUT2D eigenvalue weighted by Gasteiger charge is 2.29. The molecule has 0 saturated carbocycles. The lowest BCUT2D eigenvalue weighted by Gasteiger charge is -2.23. The van der Waals surface area contributed by atoms with E-state index in [4.69, 9.17) is 15.2 Å². The van der Waals surface area contributed by atoms with Crippen LogP contribution in [0.15, 0.2) is 30.3 Å². The van der Waals surface area contributed by atoms with Crippen LogP contribution in [0.3, 0.4) is 0 Å². The van der Waals surface area contributed by atoms with Crippen LogP contribution in [0, 0.1) is 10.1 Å². The second-order valence-electron chi connectivity index (χ2n) is 6.17. The maximum Gasteiger partial charge on any atom is 0.353 e. The number of nitrogen functional groups attached to an aromatic ring is 1. The Labute approximate surface area is 168 Å². The predicted octanol–water partition coefficient (Wildman–Crippen LogP) is 2.72. The monoisotopic (exact) mass is 403 g/mol. The summed E-state index contributed by atoms with van der Waals surface area (Å²) in [5.74, 6) is -0.956. The van der Waals surface area contributed by atoms with Gasteiger partial charge < -0.3 is 20.1 Å². The van der Waals surface area contributed by atoms with Crippen LogP contribution in [0.25, 0.3) is 0 Å². The molecule has 0 unspecified atom stereocenters. The van der Waals surface area contributed by atoms with Gasteiger partial charge in [0.1, 0.15) is 6.54 Å². The van der Waals surface area contributed by atoms with Crippen LogP contribution in [0.2, 0.25) is 0 Å². The molecule has 0 aliphatic carbocycles. The fourth-order valence-electron chi connectivity index (χ4n) is 2.58. The van der Waals surface area contributed by atoms with Crippen molar-refractivity contribution in [3.8, 4) is 6.01 Å². The van der Waals surface area contributed by atoms with E-state index in [0.29, 0.717) is 6.61 Å². The summed E-state index contributed by atoms with van der Waals surface area (Å²) in [7, 11) is 0. The predicted molar refractivity (Wildman–Crippen MR) is 108 cm³/mol. The van der Waals surface area contributed by atoms with E-state index < -0.39 is 16.6 Å². The first-order chi connectivity index (χ1) is 14.0. The van der Waals surface area contributed by atoms with Gasteiger partial charge in [-0.15, -0.1) is 0 Å². The third-order valence-corrected chi connectivity index (χ3v) is 3.92. The van der Waals surface area contributed by atoms with Gasteiger partial charge >= 0.3 is 17.7 Å². The van der Waals surface area contributed by atoms with E-state index in [1.54, 1.807) is 6.92 Å². The SMILES string of the molecule is CCCCOc1nc(N)c([N+](=O)[O-])c(N(CC(=O)OCC)Cc2ccccc2)n1. The van der Waals surface area contributed by atoms with Crippen LogP contribution in [0.5, 0.6) is 6.01 Å². The van der Waals surface area contributed by atoms with Crippen molar-refractivity contribution < 1.29 is 19.2 Å². The van der Waals surface area contributed by atoms with E-state index in [1.165, 1.54) is 4.90 Å². The van der Waals surface area contributed by atoms with Crippen LogP contribution in [-0.2, 0) is 16.1 Å². The summed E-state index contributed by atoms with van der Waals surface area (Å²) in [6.07, 6.45) is 1.67. The molecule has 1 aromatic carbocycles. The van der Waals surface area contributed by atoms with Crippen molar-refractivity contribution in [2.75, 3.05) is 30.4 Å². The lowest BCUT2D eigenvalue weighted by Crippen LogP contribution is -2.32. The molecule has 1 heterocycles. The highest BCUT2D eigenvalue weighted by molar-refractivity contribution is 5.78. The number of esters is 1. The first-order valence-electron chi connectivity index (χ1n) is 9.35. The zero-order chi connectivity index (χ0) is 21.2. The van der Waals surface area contributed by atoms with E-state index in [-0.39, 0.29) is 37.3 Å². The standard InChI is InChI=1S/C19H25N5O5/c1-3-5-11-29-19-21-17(20)16(24(26)27)18(22-19)23(13-15(25)28-4-2)12-14-9-7-6-8-10-14/h6-10H,3-5,11-13H2,1-2H3,(H2,20,21,22). The molecule has 0 spiro atoms. The molecule has 2 N–H and O–H groups in total. The van der Waals surface area contributed by atoms with Gasteiger partial charge in [-0.1, -0.05) is 43.7 Å². The van der Waals surface area contributed by atoms with E-state index in [0.717, 1.165) is 18.4 Å². The topological polar surface area (TPSA) is 134 Å². The number of aromatic nitrogens is 2. The number of hydrogen-bond donors (Lipinski definition) is 1. The average molecular weight is 403 g/mol. The Morgan fingerprint density at radius 3 is 2.59 bits per heavy atom. The molecule has 0 fully saturated rings. The number of ether oxygens (including phenoxy) is 2. The van der Waals surface area contributed by atoms with Gasteiger partial charge in [-0.3, -0.25) is 14.9 Å². The highest BCUT2D eigenvalue weighted by atomic mass is 16.6. The fourth-order valence-corrected chi connectivity index (χ4v) is 2.58. The minimum absolute atomic E-state index is 0.0709. The summed E-state index contributed by atoms with van der Waals surface area (Å²) in [5, 5.41) is 11.6. The molecule has 0 aliphatic heterocycles. The molecule has 1 aromatic heterocycles.